The molecule has 2 aliphatic carbocycles. The summed E-state index contributed by atoms with van der Waals surface area (Å²) in [6, 6.07) is 10.9. The van der Waals surface area contributed by atoms with E-state index in [1.54, 1.807) is 0 Å². The van der Waals surface area contributed by atoms with Gasteiger partial charge in [0.05, 0.1) is 12.0 Å². The number of hydrogen-bond acceptors (Lipinski definition) is 4. The number of hydrogen-bond donors (Lipinski definition) is 1. The van der Waals surface area contributed by atoms with Crippen molar-refractivity contribution in [2.75, 3.05) is 33.7 Å². The van der Waals surface area contributed by atoms with Crippen molar-refractivity contribution in [2.45, 2.75) is 82.7 Å². The lowest BCUT2D eigenvalue weighted by molar-refractivity contribution is -0.138. The summed E-state index contributed by atoms with van der Waals surface area (Å²) in [5, 5.41) is 8.90. The molecule has 7 heteroatoms. The number of carboxylic acid groups (broad SMARTS) is 1. The highest BCUT2D eigenvalue weighted by Gasteiger charge is 2.55. The summed E-state index contributed by atoms with van der Waals surface area (Å²) < 4.78 is 0. The van der Waals surface area contributed by atoms with E-state index in [1.165, 1.54) is 18.4 Å². The Balaban J connectivity index is 1.50. The maximum absolute atomic E-state index is 13.8. The normalized spacial score (nSPS) is 26.8. The predicted octanol–water partition coefficient (Wildman–Crippen LogP) is 4.75. The Kier molecular flexibility index (Phi) is 7.52. The van der Waals surface area contributed by atoms with Crippen LogP contribution >= 0.6 is 0 Å². The van der Waals surface area contributed by atoms with Crippen molar-refractivity contribution in [3.63, 3.8) is 0 Å². The van der Waals surface area contributed by atoms with Gasteiger partial charge in [-0.25, -0.2) is 4.79 Å². The molecule has 0 bridgehead atoms. The number of benzene rings is 1. The van der Waals surface area contributed by atoms with E-state index in [-0.39, 0.29) is 42.2 Å². The molecule has 0 atom stereocenters. The SMILES string of the molecule is CN(C)C1(c2ccccc2)CCC2(CC1)CN(CC(C)(C)CC(=O)CCC(=O)O)C(=O)N2CC1CC1. The smallest absolute Gasteiger partial charge is 0.320 e. The second-order valence-corrected chi connectivity index (χ2v) is 12.5. The first kappa shape index (κ1) is 26.6. The van der Waals surface area contributed by atoms with Crippen LogP contribution in [0.4, 0.5) is 4.79 Å². The van der Waals surface area contributed by atoms with E-state index < -0.39 is 11.4 Å². The largest absolute Gasteiger partial charge is 0.481 e. The molecular weight excluding hydrogens is 454 g/mol. The van der Waals surface area contributed by atoms with Gasteiger partial charge in [-0.1, -0.05) is 44.2 Å². The highest BCUT2D eigenvalue weighted by atomic mass is 16.4. The van der Waals surface area contributed by atoms with Crippen LogP contribution in [0.3, 0.4) is 0 Å². The average Bonchev–Trinajstić information content (AvgIpc) is 3.61. The summed E-state index contributed by atoms with van der Waals surface area (Å²) in [6.45, 7) is 6.10. The number of amides is 2. The molecule has 1 heterocycles. The Labute approximate surface area is 215 Å². The van der Waals surface area contributed by atoms with Crippen LogP contribution in [0.2, 0.25) is 0 Å². The minimum absolute atomic E-state index is 0.0238. The van der Waals surface area contributed by atoms with Crippen LogP contribution in [0.15, 0.2) is 30.3 Å². The zero-order valence-corrected chi connectivity index (χ0v) is 22.5. The second kappa shape index (κ2) is 10.2. The molecule has 0 unspecified atom stereocenters. The van der Waals surface area contributed by atoms with Gasteiger partial charge in [-0.05, 0) is 69.5 Å². The molecule has 2 amide bonds. The third kappa shape index (κ3) is 5.61. The molecule has 1 spiro atoms. The molecule has 1 aliphatic heterocycles. The lowest BCUT2D eigenvalue weighted by Crippen LogP contribution is -2.55. The highest BCUT2D eigenvalue weighted by molar-refractivity contribution is 5.83. The molecule has 3 aliphatic rings. The first-order valence-corrected chi connectivity index (χ1v) is 13.5. The second-order valence-electron chi connectivity index (χ2n) is 12.5. The Morgan fingerprint density at radius 1 is 1.06 bits per heavy atom. The zero-order chi connectivity index (χ0) is 26.1. The van der Waals surface area contributed by atoms with E-state index in [0.29, 0.717) is 19.0 Å². The Hall–Kier alpha value is -2.41. The number of aliphatic carboxylic acids is 1. The molecule has 1 aromatic rings. The van der Waals surface area contributed by atoms with Crippen LogP contribution in [-0.2, 0) is 15.1 Å². The van der Waals surface area contributed by atoms with Gasteiger partial charge in [-0.3, -0.25) is 14.5 Å². The Morgan fingerprint density at radius 3 is 2.25 bits per heavy atom. The Morgan fingerprint density at radius 2 is 1.69 bits per heavy atom. The molecule has 1 saturated heterocycles. The highest BCUT2D eigenvalue weighted by Crippen LogP contribution is 2.50. The summed E-state index contributed by atoms with van der Waals surface area (Å²) in [6.07, 6.45) is 6.55. The fraction of sp³-hybridized carbons (Fsp3) is 0.690. The van der Waals surface area contributed by atoms with Crippen LogP contribution in [0.5, 0.6) is 0 Å². The van der Waals surface area contributed by atoms with Crippen molar-refractivity contribution in [1.29, 1.82) is 0 Å². The molecule has 7 nitrogen and oxygen atoms in total. The summed E-state index contributed by atoms with van der Waals surface area (Å²) >= 11 is 0. The molecule has 4 rings (SSSR count). The molecule has 36 heavy (non-hydrogen) atoms. The van der Waals surface area contributed by atoms with Crippen LogP contribution in [-0.4, -0.2) is 76.9 Å². The van der Waals surface area contributed by atoms with E-state index in [9.17, 15) is 14.4 Å². The number of urea groups is 1. The molecule has 3 fully saturated rings. The minimum atomic E-state index is -0.949. The van der Waals surface area contributed by atoms with Gasteiger partial charge in [0.1, 0.15) is 5.78 Å². The number of carbonyl (C=O) groups excluding carboxylic acids is 2. The molecule has 0 radical (unpaired) electrons. The van der Waals surface area contributed by atoms with Crippen molar-refractivity contribution in [2.24, 2.45) is 11.3 Å². The van der Waals surface area contributed by atoms with Crippen molar-refractivity contribution in [3.8, 4) is 0 Å². The molecule has 1 aromatic carbocycles. The lowest BCUT2D eigenvalue weighted by atomic mass is 9.68. The first-order chi connectivity index (χ1) is 17.0. The predicted molar refractivity (Wildman–Crippen MR) is 140 cm³/mol. The van der Waals surface area contributed by atoms with Gasteiger partial charge in [0.15, 0.2) is 0 Å². The summed E-state index contributed by atoms with van der Waals surface area (Å²) in [5.74, 6) is -0.379. The monoisotopic (exact) mass is 497 g/mol. The lowest BCUT2D eigenvalue weighted by Gasteiger charge is -2.51. The number of carbonyl (C=O) groups is 3. The van der Waals surface area contributed by atoms with Crippen LogP contribution in [0.25, 0.3) is 0 Å². The standard InChI is InChI=1S/C29H43N3O4/c1-27(2,18-24(33)12-13-25(34)35)20-31-21-28(32(26(31)36)19-22-10-11-22)14-16-29(17-15-28,30(3)4)23-8-6-5-7-9-23/h5-9,22H,10-21H2,1-4H3,(H,34,35). The van der Waals surface area contributed by atoms with Crippen LogP contribution < -0.4 is 0 Å². The number of nitrogens with zero attached hydrogens (tertiary/aromatic N) is 3. The van der Waals surface area contributed by atoms with Gasteiger partial charge in [0.2, 0.25) is 0 Å². The topological polar surface area (TPSA) is 81.2 Å². The minimum Gasteiger partial charge on any atom is -0.481 e. The average molecular weight is 498 g/mol. The van der Waals surface area contributed by atoms with Crippen molar-refractivity contribution in [1.82, 2.24) is 14.7 Å². The van der Waals surface area contributed by atoms with E-state index in [1.807, 2.05) is 18.7 Å². The number of ketones is 1. The van der Waals surface area contributed by atoms with E-state index in [0.717, 1.165) is 32.2 Å². The van der Waals surface area contributed by atoms with Crippen molar-refractivity contribution in [3.05, 3.63) is 35.9 Å². The Bertz CT molecular complexity index is 962. The van der Waals surface area contributed by atoms with Gasteiger partial charge in [0, 0.05) is 38.0 Å². The maximum atomic E-state index is 13.8. The van der Waals surface area contributed by atoms with Gasteiger partial charge in [-0.2, -0.15) is 0 Å². The molecular formula is C29H43N3O4. The van der Waals surface area contributed by atoms with E-state index in [4.69, 9.17) is 5.11 Å². The van der Waals surface area contributed by atoms with Crippen LogP contribution in [0, 0.1) is 11.3 Å². The van der Waals surface area contributed by atoms with Gasteiger partial charge in [-0.15, -0.1) is 0 Å². The number of rotatable bonds is 11. The number of carboxylic acids is 1. The molecule has 1 N–H and O–H groups in total. The molecule has 198 valence electrons. The summed E-state index contributed by atoms with van der Waals surface area (Å²) in [5.41, 5.74) is 0.774. The van der Waals surface area contributed by atoms with Gasteiger partial charge in [0.25, 0.3) is 0 Å². The van der Waals surface area contributed by atoms with Crippen molar-refractivity contribution < 1.29 is 19.5 Å². The third-order valence-corrected chi connectivity index (χ3v) is 8.78. The van der Waals surface area contributed by atoms with Gasteiger partial charge < -0.3 is 14.9 Å². The summed E-state index contributed by atoms with van der Waals surface area (Å²) in [4.78, 5) is 43.6. The summed E-state index contributed by atoms with van der Waals surface area (Å²) in [7, 11) is 4.34. The van der Waals surface area contributed by atoms with Crippen molar-refractivity contribution >= 4 is 17.8 Å². The fourth-order valence-electron chi connectivity index (χ4n) is 6.58. The van der Waals surface area contributed by atoms with Crippen LogP contribution in [0.1, 0.15) is 77.2 Å². The number of Topliss-reactive ketones (excluding diaryl/α,β-unsaturated/α-hetero) is 1. The van der Waals surface area contributed by atoms with E-state index >= 15 is 0 Å². The van der Waals surface area contributed by atoms with E-state index in [2.05, 4.69) is 54.2 Å². The quantitative estimate of drug-likeness (QED) is 0.477. The zero-order valence-electron chi connectivity index (χ0n) is 22.5. The van der Waals surface area contributed by atoms with Gasteiger partial charge >= 0.3 is 12.0 Å². The molecule has 2 saturated carbocycles. The first-order valence-electron chi connectivity index (χ1n) is 13.5. The maximum Gasteiger partial charge on any atom is 0.320 e. The third-order valence-electron chi connectivity index (χ3n) is 8.78. The molecule has 0 aromatic heterocycles. The fourth-order valence-corrected chi connectivity index (χ4v) is 6.58.